The standard InChI is InChI=1S/C12H12FN3O/c1-16(8-9-6-14-15-7-9)12(17)10-2-4-11(13)5-3-10/h2-7H,8H2,1H3,(H,14,15). The first-order chi connectivity index (χ1) is 8.16. The van der Waals surface area contributed by atoms with Crippen LogP contribution >= 0.6 is 0 Å². The van der Waals surface area contributed by atoms with E-state index in [1.807, 2.05) is 0 Å². The van der Waals surface area contributed by atoms with Crippen molar-refractivity contribution < 1.29 is 9.18 Å². The number of amides is 1. The summed E-state index contributed by atoms with van der Waals surface area (Å²) in [6, 6.07) is 5.50. The Kier molecular flexibility index (Phi) is 3.18. The highest BCUT2D eigenvalue weighted by atomic mass is 19.1. The van der Waals surface area contributed by atoms with E-state index in [4.69, 9.17) is 0 Å². The van der Waals surface area contributed by atoms with Crippen molar-refractivity contribution in [2.45, 2.75) is 6.54 Å². The lowest BCUT2D eigenvalue weighted by atomic mass is 10.2. The fraction of sp³-hybridized carbons (Fsp3) is 0.167. The molecule has 4 nitrogen and oxygen atoms in total. The minimum absolute atomic E-state index is 0.147. The molecule has 17 heavy (non-hydrogen) atoms. The van der Waals surface area contributed by atoms with Gasteiger partial charge in [0.1, 0.15) is 5.82 Å². The number of nitrogens with one attached hydrogen (secondary N) is 1. The molecule has 0 atom stereocenters. The monoisotopic (exact) mass is 233 g/mol. The molecule has 0 unspecified atom stereocenters. The van der Waals surface area contributed by atoms with Crippen molar-refractivity contribution in [2.75, 3.05) is 7.05 Å². The third-order valence-electron chi connectivity index (χ3n) is 2.41. The van der Waals surface area contributed by atoms with Crippen LogP contribution in [0.4, 0.5) is 4.39 Å². The average molecular weight is 233 g/mol. The number of rotatable bonds is 3. The molecule has 1 amide bonds. The summed E-state index contributed by atoms with van der Waals surface area (Å²) in [6.45, 7) is 0.465. The van der Waals surface area contributed by atoms with E-state index in [1.54, 1.807) is 24.3 Å². The Balaban J connectivity index is 2.07. The number of hydrogen-bond acceptors (Lipinski definition) is 2. The fourth-order valence-electron chi connectivity index (χ4n) is 1.52. The Labute approximate surface area is 98.1 Å². The minimum atomic E-state index is -0.348. The molecule has 0 radical (unpaired) electrons. The quantitative estimate of drug-likeness (QED) is 0.879. The van der Waals surface area contributed by atoms with Gasteiger partial charge in [-0.15, -0.1) is 0 Å². The zero-order valence-electron chi connectivity index (χ0n) is 9.35. The van der Waals surface area contributed by atoms with Crippen LogP contribution in [0.1, 0.15) is 15.9 Å². The van der Waals surface area contributed by atoms with Gasteiger partial charge in [-0.05, 0) is 24.3 Å². The number of aromatic amines is 1. The summed E-state index contributed by atoms with van der Waals surface area (Å²) in [7, 11) is 1.69. The van der Waals surface area contributed by atoms with E-state index in [-0.39, 0.29) is 11.7 Å². The van der Waals surface area contributed by atoms with Gasteiger partial charge in [0.2, 0.25) is 0 Å². The summed E-state index contributed by atoms with van der Waals surface area (Å²) in [5.74, 6) is -0.495. The summed E-state index contributed by atoms with van der Waals surface area (Å²) in [6.07, 6.45) is 3.39. The lowest BCUT2D eigenvalue weighted by molar-refractivity contribution is 0.0785. The molecule has 1 aromatic heterocycles. The molecule has 1 aromatic carbocycles. The Morgan fingerprint density at radius 1 is 1.41 bits per heavy atom. The molecule has 2 aromatic rings. The first-order valence-electron chi connectivity index (χ1n) is 5.15. The van der Waals surface area contributed by atoms with Crippen LogP contribution in [-0.2, 0) is 6.54 Å². The van der Waals surface area contributed by atoms with Crippen molar-refractivity contribution in [1.82, 2.24) is 15.1 Å². The van der Waals surface area contributed by atoms with Gasteiger partial charge in [0.25, 0.3) is 5.91 Å². The molecule has 88 valence electrons. The molecule has 0 fully saturated rings. The predicted molar refractivity (Wildman–Crippen MR) is 60.8 cm³/mol. The molecule has 0 saturated heterocycles. The van der Waals surface area contributed by atoms with Gasteiger partial charge >= 0.3 is 0 Å². The first-order valence-corrected chi connectivity index (χ1v) is 5.15. The molecule has 0 saturated carbocycles. The molecule has 1 heterocycles. The smallest absolute Gasteiger partial charge is 0.253 e. The summed E-state index contributed by atoms with van der Waals surface area (Å²) in [4.78, 5) is 13.5. The second-order valence-electron chi connectivity index (χ2n) is 3.77. The van der Waals surface area contributed by atoms with Crippen LogP contribution in [0.15, 0.2) is 36.7 Å². The topological polar surface area (TPSA) is 49.0 Å². The Morgan fingerprint density at radius 3 is 2.71 bits per heavy atom. The van der Waals surface area contributed by atoms with E-state index < -0.39 is 0 Å². The third kappa shape index (κ3) is 2.69. The molecular weight excluding hydrogens is 221 g/mol. The highest BCUT2D eigenvalue weighted by Gasteiger charge is 2.12. The Bertz CT molecular complexity index is 493. The second kappa shape index (κ2) is 4.78. The molecule has 0 aliphatic carbocycles. The third-order valence-corrected chi connectivity index (χ3v) is 2.41. The lowest BCUT2D eigenvalue weighted by Gasteiger charge is -2.16. The first kappa shape index (κ1) is 11.3. The average Bonchev–Trinajstić information content (AvgIpc) is 2.82. The summed E-state index contributed by atoms with van der Waals surface area (Å²) < 4.78 is 12.7. The number of halogens is 1. The molecule has 0 aliphatic rings. The van der Waals surface area contributed by atoms with Gasteiger partial charge in [-0.25, -0.2) is 4.39 Å². The number of nitrogens with zero attached hydrogens (tertiary/aromatic N) is 2. The normalized spacial score (nSPS) is 10.2. The van der Waals surface area contributed by atoms with Crippen molar-refractivity contribution in [3.8, 4) is 0 Å². The van der Waals surface area contributed by atoms with E-state index in [1.165, 1.54) is 24.3 Å². The van der Waals surface area contributed by atoms with Crippen molar-refractivity contribution in [2.24, 2.45) is 0 Å². The number of carbonyl (C=O) groups excluding carboxylic acids is 1. The van der Waals surface area contributed by atoms with Gasteiger partial charge in [0.15, 0.2) is 0 Å². The molecule has 0 bridgehead atoms. The minimum Gasteiger partial charge on any atom is -0.337 e. The van der Waals surface area contributed by atoms with E-state index >= 15 is 0 Å². The van der Waals surface area contributed by atoms with Gasteiger partial charge < -0.3 is 4.90 Å². The highest BCUT2D eigenvalue weighted by Crippen LogP contribution is 2.08. The zero-order valence-corrected chi connectivity index (χ0v) is 9.35. The Morgan fingerprint density at radius 2 is 2.12 bits per heavy atom. The maximum absolute atomic E-state index is 12.7. The summed E-state index contributed by atoms with van der Waals surface area (Å²) in [5, 5.41) is 6.49. The van der Waals surface area contributed by atoms with Crippen molar-refractivity contribution in [3.05, 3.63) is 53.6 Å². The van der Waals surface area contributed by atoms with E-state index in [0.29, 0.717) is 12.1 Å². The summed E-state index contributed by atoms with van der Waals surface area (Å²) >= 11 is 0. The van der Waals surface area contributed by atoms with E-state index in [2.05, 4.69) is 10.2 Å². The molecule has 0 spiro atoms. The van der Waals surface area contributed by atoms with Gasteiger partial charge in [0.05, 0.1) is 6.20 Å². The van der Waals surface area contributed by atoms with Gasteiger partial charge in [-0.2, -0.15) is 5.10 Å². The molecule has 1 N–H and O–H groups in total. The number of carbonyl (C=O) groups is 1. The zero-order chi connectivity index (χ0) is 12.3. The van der Waals surface area contributed by atoms with Crippen LogP contribution in [0.3, 0.4) is 0 Å². The van der Waals surface area contributed by atoms with Crippen LogP contribution in [0.25, 0.3) is 0 Å². The molecular formula is C12H12FN3O. The van der Waals surface area contributed by atoms with Crippen molar-refractivity contribution in [1.29, 1.82) is 0 Å². The lowest BCUT2D eigenvalue weighted by Crippen LogP contribution is -2.25. The van der Waals surface area contributed by atoms with Crippen molar-refractivity contribution >= 4 is 5.91 Å². The Hall–Kier alpha value is -2.17. The maximum Gasteiger partial charge on any atom is 0.253 e. The number of H-pyrrole nitrogens is 1. The van der Waals surface area contributed by atoms with Gasteiger partial charge in [-0.3, -0.25) is 9.89 Å². The fourth-order valence-corrected chi connectivity index (χ4v) is 1.52. The van der Waals surface area contributed by atoms with Crippen LogP contribution in [0.5, 0.6) is 0 Å². The van der Waals surface area contributed by atoms with Crippen LogP contribution in [0.2, 0.25) is 0 Å². The van der Waals surface area contributed by atoms with Gasteiger partial charge in [-0.1, -0.05) is 0 Å². The van der Waals surface area contributed by atoms with Crippen molar-refractivity contribution in [3.63, 3.8) is 0 Å². The number of hydrogen-bond donors (Lipinski definition) is 1. The van der Waals surface area contributed by atoms with Crippen LogP contribution in [-0.4, -0.2) is 28.1 Å². The highest BCUT2D eigenvalue weighted by molar-refractivity contribution is 5.93. The number of benzene rings is 1. The summed E-state index contributed by atoms with van der Waals surface area (Å²) in [5.41, 5.74) is 1.39. The van der Waals surface area contributed by atoms with Gasteiger partial charge in [0, 0.05) is 30.9 Å². The second-order valence-corrected chi connectivity index (χ2v) is 3.77. The molecule has 2 rings (SSSR count). The van der Waals surface area contributed by atoms with E-state index in [0.717, 1.165) is 5.56 Å². The number of aromatic nitrogens is 2. The molecule has 5 heteroatoms. The predicted octanol–water partition coefficient (Wildman–Crippen LogP) is 1.82. The maximum atomic E-state index is 12.7. The molecule has 0 aliphatic heterocycles. The van der Waals surface area contributed by atoms with E-state index in [9.17, 15) is 9.18 Å². The SMILES string of the molecule is CN(Cc1cn[nH]c1)C(=O)c1ccc(F)cc1. The van der Waals surface area contributed by atoms with Crippen LogP contribution in [0, 0.1) is 5.82 Å². The van der Waals surface area contributed by atoms with Crippen LogP contribution < -0.4 is 0 Å². The largest absolute Gasteiger partial charge is 0.337 e.